The quantitative estimate of drug-likeness (QED) is 0.694. The van der Waals surface area contributed by atoms with Crippen molar-refractivity contribution in [3.05, 3.63) is 29.3 Å². The zero-order chi connectivity index (χ0) is 12.3. The summed E-state index contributed by atoms with van der Waals surface area (Å²) in [5.74, 6) is 0. The average Bonchev–Trinajstić information content (AvgIpc) is 2.96. The van der Waals surface area contributed by atoms with Crippen LogP contribution in [0.15, 0.2) is 18.2 Å². The Bertz CT molecular complexity index is 452. The summed E-state index contributed by atoms with van der Waals surface area (Å²) in [6.07, 6.45) is 2.69. The van der Waals surface area contributed by atoms with Gasteiger partial charge in [-0.2, -0.15) is 0 Å². The van der Waals surface area contributed by atoms with Gasteiger partial charge >= 0.3 is 0 Å². The van der Waals surface area contributed by atoms with Crippen LogP contribution >= 0.6 is 0 Å². The number of hydrogen-bond acceptors (Lipinski definition) is 2. The zero-order valence-electron chi connectivity index (χ0n) is 11.1. The summed E-state index contributed by atoms with van der Waals surface area (Å²) in [5.41, 5.74) is 10.5. The van der Waals surface area contributed by atoms with Gasteiger partial charge in [0.15, 0.2) is 0 Å². The first-order valence-electron chi connectivity index (χ1n) is 6.55. The van der Waals surface area contributed by atoms with Crippen LogP contribution < -0.4 is 5.73 Å². The molecule has 3 rings (SSSR count). The molecule has 0 aromatic heterocycles. The summed E-state index contributed by atoms with van der Waals surface area (Å²) >= 11 is 0. The van der Waals surface area contributed by atoms with Crippen LogP contribution in [-0.4, -0.2) is 17.0 Å². The second-order valence-corrected chi connectivity index (χ2v) is 6.72. The summed E-state index contributed by atoms with van der Waals surface area (Å²) in [4.78, 5) is 2.60. The molecule has 2 nitrogen and oxygen atoms in total. The first-order valence-corrected chi connectivity index (χ1v) is 6.55. The fraction of sp³-hybridized carbons (Fsp3) is 0.600. The second kappa shape index (κ2) is 3.26. The third-order valence-corrected chi connectivity index (χ3v) is 4.36. The Labute approximate surface area is 104 Å². The monoisotopic (exact) mass is 230 g/mol. The van der Waals surface area contributed by atoms with Crippen LogP contribution in [0.5, 0.6) is 0 Å². The predicted octanol–water partition coefficient (Wildman–Crippen LogP) is 2.91. The lowest BCUT2D eigenvalue weighted by Gasteiger charge is -2.43. The van der Waals surface area contributed by atoms with Gasteiger partial charge in [0, 0.05) is 29.7 Å². The highest BCUT2D eigenvalue weighted by Crippen LogP contribution is 2.53. The fourth-order valence-electron chi connectivity index (χ4n) is 3.03. The summed E-state index contributed by atoms with van der Waals surface area (Å²) in [6.45, 7) is 9.18. The molecule has 0 amide bonds. The van der Waals surface area contributed by atoms with Crippen LogP contribution in [0.3, 0.4) is 0 Å². The minimum atomic E-state index is 0.248. The van der Waals surface area contributed by atoms with Gasteiger partial charge in [0.05, 0.1) is 0 Å². The number of benzene rings is 1. The van der Waals surface area contributed by atoms with E-state index in [9.17, 15) is 0 Å². The van der Waals surface area contributed by atoms with Gasteiger partial charge in [0.1, 0.15) is 0 Å². The SMILES string of the molecule is CC(C)(C)N1Cc2cc(N)ccc2C2(CC2)C1. The van der Waals surface area contributed by atoms with Crippen molar-refractivity contribution >= 4 is 5.69 Å². The Morgan fingerprint density at radius 1 is 1.24 bits per heavy atom. The van der Waals surface area contributed by atoms with Crippen molar-refractivity contribution in [2.75, 3.05) is 12.3 Å². The normalized spacial score (nSPS) is 22.5. The highest BCUT2D eigenvalue weighted by molar-refractivity contribution is 5.50. The highest BCUT2D eigenvalue weighted by atomic mass is 15.2. The number of anilines is 1. The molecule has 1 aromatic rings. The van der Waals surface area contributed by atoms with Crippen LogP contribution in [0.4, 0.5) is 5.69 Å². The largest absolute Gasteiger partial charge is 0.399 e. The van der Waals surface area contributed by atoms with Crippen LogP contribution in [0, 0.1) is 0 Å². The van der Waals surface area contributed by atoms with Crippen molar-refractivity contribution in [1.82, 2.24) is 4.90 Å². The molecule has 1 aliphatic heterocycles. The molecule has 17 heavy (non-hydrogen) atoms. The summed E-state index contributed by atoms with van der Waals surface area (Å²) < 4.78 is 0. The van der Waals surface area contributed by atoms with Gasteiger partial charge in [0.25, 0.3) is 0 Å². The Kier molecular flexibility index (Phi) is 2.13. The van der Waals surface area contributed by atoms with Crippen molar-refractivity contribution in [3.8, 4) is 0 Å². The van der Waals surface area contributed by atoms with Crippen LogP contribution in [0.25, 0.3) is 0 Å². The van der Waals surface area contributed by atoms with E-state index in [0.717, 1.165) is 12.2 Å². The number of rotatable bonds is 0. The molecule has 2 heteroatoms. The van der Waals surface area contributed by atoms with E-state index in [2.05, 4.69) is 43.9 Å². The molecular formula is C15H22N2. The third-order valence-electron chi connectivity index (χ3n) is 4.36. The molecule has 2 aliphatic rings. The number of nitrogen functional groups attached to an aromatic ring is 1. The summed E-state index contributed by atoms with van der Waals surface area (Å²) in [5, 5.41) is 0. The van der Waals surface area contributed by atoms with E-state index in [0.29, 0.717) is 5.41 Å². The molecule has 1 fully saturated rings. The van der Waals surface area contributed by atoms with E-state index in [1.807, 2.05) is 0 Å². The third kappa shape index (κ3) is 1.75. The van der Waals surface area contributed by atoms with E-state index < -0.39 is 0 Å². The zero-order valence-corrected chi connectivity index (χ0v) is 11.1. The van der Waals surface area contributed by atoms with Crippen molar-refractivity contribution in [2.24, 2.45) is 0 Å². The van der Waals surface area contributed by atoms with Crippen molar-refractivity contribution in [1.29, 1.82) is 0 Å². The van der Waals surface area contributed by atoms with Crippen molar-refractivity contribution in [2.45, 2.75) is 51.1 Å². The topological polar surface area (TPSA) is 29.3 Å². The Morgan fingerprint density at radius 2 is 1.94 bits per heavy atom. The van der Waals surface area contributed by atoms with Gasteiger partial charge in [-0.05, 0) is 56.9 Å². The Hall–Kier alpha value is -1.02. The molecule has 1 heterocycles. The van der Waals surface area contributed by atoms with Gasteiger partial charge < -0.3 is 5.73 Å². The van der Waals surface area contributed by atoms with Crippen LogP contribution in [-0.2, 0) is 12.0 Å². The van der Waals surface area contributed by atoms with E-state index >= 15 is 0 Å². The average molecular weight is 230 g/mol. The molecule has 0 bridgehead atoms. The minimum Gasteiger partial charge on any atom is -0.399 e. The lowest BCUT2D eigenvalue weighted by Crippen LogP contribution is -2.48. The molecule has 0 saturated heterocycles. The molecule has 0 atom stereocenters. The van der Waals surface area contributed by atoms with Gasteiger partial charge in [-0.15, -0.1) is 0 Å². The molecule has 0 radical (unpaired) electrons. The maximum atomic E-state index is 5.93. The molecule has 0 unspecified atom stereocenters. The van der Waals surface area contributed by atoms with Gasteiger partial charge in [-0.1, -0.05) is 6.07 Å². The Balaban J connectivity index is 2.03. The molecule has 1 saturated carbocycles. The molecule has 2 N–H and O–H groups in total. The highest BCUT2D eigenvalue weighted by Gasteiger charge is 2.50. The van der Waals surface area contributed by atoms with E-state index in [1.165, 1.54) is 24.9 Å². The lowest BCUT2D eigenvalue weighted by molar-refractivity contribution is 0.102. The molecule has 1 aromatic carbocycles. The molecule has 1 aliphatic carbocycles. The Morgan fingerprint density at radius 3 is 2.53 bits per heavy atom. The van der Waals surface area contributed by atoms with E-state index in [-0.39, 0.29) is 5.54 Å². The lowest BCUT2D eigenvalue weighted by atomic mass is 9.84. The van der Waals surface area contributed by atoms with Crippen molar-refractivity contribution < 1.29 is 0 Å². The standard InChI is InChI=1S/C15H22N2/c1-14(2,3)17-9-11-8-12(16)4-5-13(11)15(10-17)6-7-15/h4-5,8H,6-7,9-10,16H2,1-3H3. The number of hydrogen-bond donors (Lipinski definition) is 1. The predicted molar refractivity (Wildman–Crippen MR) is 71.9 cm³/mol. The summed E-state index contributed by atoms with van der Waals surface area (Å²) in [7, 11) is 0. The van der Waals surface area contributed by atoms with E-state index in [1.54, 1.807) is 5.56 Å². The number of nitrogens with two attached hydrogens (primary N) is 1. The minimum absolute atomic E-state index is 0.248. The van der Waals surface area contributed by atoms with E-state index in [4.69, 9.17) is 5.73 Å². The first-order chi connectivity index (χ1) is 7.91. The fourth-order valence-corrected chi connectivity index (χ4v) is 3.03. The second-order valence-electron chi connectivity index (χ2n) is 6.72. The van der Waals surface area contributed by atoms with Crippen LogP contribution in [0.2, 0.25) is 0 Å². The smallest absolute Gasteiger partial charge is 0.0317 e. The number of fused-ring (bicyclic) bond motifs is 2. The number of nitrogens with zero attached hydrogens (tertiary/aromatic N) is 1. The van der Waals surface area contributed by atoms with Gasteiger partial charge in [-0.25, -0.2) is 0 Å². The molecule has 1 spiro atoms. The summed E-state index contributed by atoms with van der Waals surface area (Å²) in [6, 6.07) is 6.50. The molecule has 92 valence electrons. The maximum Gasteiger partial charge on any atom is 0.0317 e. The van der Waals surface area contributed by atoms with Crippen molar-refractivity contribution in [3.63, 3.8) is 0 Å². The molecular weight excluding hydrogens is 208 g/mol. The van der Waals surface area contributed by atoms with Gasteiger partial charge in [-0.3, -0.25) is 4.90 Å². The first kappa shape index (κ1) is 11.1. The van der Waals surface area contributed by atoms with Crippen LogP contribution in [0.1, 0.15) is 44.7 Å². The maximum absolute atomic E-state index is 5.93. The van der Waals surface area contributed by atoms with Gasteiger partial charge in [0.2, 0.25) is 0 Å².